The van der Waals surface area contributed by atoms with Crippen molar-refractivity contribution in [2.75, 3.05) is 14.2 Å². The van der Waals surface area contributed by atoms with E-state index in [-0.39, 0.29) is 5.91 Å². The van der Waals surface area contributed by atoms with E-state index in [2.05, 4.69) is 33.4 Å². The molecule has 120 valence electrons. The molecule has 23 heavy (non-hydrogen) atoms. The van der Waals surface area contributed by atoms with E-state index in [0.717, 1.165) is 5.56 Å². The number of nitrogens with one attached hydrogen (secondary N) is 2. The minimum Gasteiger partial charge on any atom is -0.497 e. The second kappa shape index (κ2) is 7.69. The first-order valence-corrected chi connectivity index (χ1v) is 7.58. The molecule has 2 aromatic carbocycles. The summed E-state index contributed by atoms with van der Waals surface area (Å²) in [5, 5.41) is 0. The van der Waals surface area contributed by atoms with E-state index >= 15 is 0 Å². The quantitative estimate of drug-likeness (QED) is 0.758. The van der Waals surface area contributed by atoms with Gasteiger partial charge >= 0.3 is 0 Å². The van der Waals surface area contributed by atoms with Crippen molar-refractivity contribution in [3.63, 3.8) is 0 Å². The largest absolute Gasteiger partial charge is 0.497 e. The van der Waals surface area contributed by atoms with Crippen molar-refractivity contribution < 1.29 is 14.3 Å². The molecule has 0 saturated heterocycles. The van der Waals surface area contributed by atoms with Crippen molar-refractivity contribution in [3.8, 4) is 11.5 Å². The Labute approximate surface area is 143 Å². The maximum atomic E-state index is 12.2. The molecular weight excluding hydrogens is 360 g/mol. The van der Waals surface area contributed by atoms with Gasteiger partial charge in [-0.2, -0.15) is 0 Å². The molecular formula is C17H17BrN2O3. The van der Waals surface area contributed by atoms with Crippen LogP contribution in [0.25, 0.3) is 5.70 Å². The summed E-state index contributed by atoms with van der Waals surface area (Å²) in [6, 6.07) is 12.5. The Balaban J connectivity index is 2.08. The highest BCUT2D eigenvalue weighted by Crippen LogP contribution is 2.28. The molecule has 1 amide bonds. The lowest BCUT2D eigenvalue weighted by Gasteiger charge is -2.15. The summed E-state index contributed by atoms with van der Waals surface area (Å²) in [7, 11) is 3.14. The summed E-state index contributed by atoms with van der Waals surface area (Å²) in [4.78, 5) is 12.2. The molecule has 0 aliphatic carbocycles. The number of carbonyl (C=O) groups is 1. The molecule has 0 spiro atoms. The average Bonchev–Trinajstić information content (AvgIpc) is 2.59. The van der Waals surface area contributed by atoms with Gasteiger partial charge in [0.15, 0.2) is 0 Å². The van der Waals surface area contributed by atoms with Crippen molar-refractivity contribution in [2.45, 2.75) is 0 Å². The summed E-state index contributed by atoms with van der Waals surface area (Å²) >= 11 is 3.34. The molecule has 2 aromatic rings. The fraction of sp³-hybridized carbons (Fsp3) is 0.118. The van der Waals surface area contributed by atoms with Gasteiger partial charge in [-0.15, -0.1) is 0 Å². The molecule has 0 saturated carbocycles. The third-order valence-electron chi connectivity index (χ3n) is 3.18. The predicted octanol–water partition coefficient (Wildman–Crippen LogP) is 3.37. The smallest absolute Gasteiger partial charge is 0.270 e. The van der Waals surface area contributed by atoms with E-state index in [1.807, 2.05) is 6.07 Å². The number of halogens is 1. The van der Waals surface area contributed by atoms with E-state index < -0.39 is 0 Å². The number of methoxy groups -OCH3 is 2. The van der Waals surface area contributed by atoms with Crippen LogP contribution in [-0.2, 0) is 0 Å². The van der Waals surface area contributed by atoms with Crippen LogP contribution in [0.2, 0.25) is 0 Å². The maximum absolute atomic E-state index is 12.2. The van der Waals surface area contributed by atoms with Gasteiger partial charge in [-0.05, 0) is 40.2 Å². The second-order valence-electron chi connectivity index (χ2n) is 4.60. The van der Waals surface area contributed by atoms with Crippen molar-refractivity contribution >= 4 is 27.5 Å². The molecule has 0 bridgehead atoms. The first kappa shape index (κ1) is 16.9. The lowest BCUT2D eigenvalue weighted by molar-refractivity contribution is 0.0941. The monoisotopic (exact) mass is 376 g/mol. The van der Waals surface area contributed by atoms with Crippen LogP contribution in [0.3, 0.4) is 0 Å². The molecule has 6 heteroatoms. The Morgan fingerprint density at radius 3 is 2.43 bits per heavy atom. The molecule has 5 nitrogen and oxygen atoms in total. The highest BCUT2D eigenvalue weighted by atomic mass is 79.9. The molecule has 0 aromatic heterocycles. The number of amides is 1. The van der Waals surface area contributed by atoms with Crippen LogP contribution in [0.1, 0.15) is 15.9 Å². The molecule has 2 rings (SSSR count). The van der Waals surface area contributed by atoms with Crippen LogP contribution in [0.15, 0.2) is 53.5 Å². The highest BCUT2D eigenvalue weighted by Gasteiger charge is 2.11. The zero-order chi connectivity index (χ0) is 16.8. The summed E-state index contributed by atoms with van der Waals surface area (Å²) in [5.41, 5.74) is 7.16. The van der Waals surface area contributed by atoms with Crippen LogP contribution < -0.4 is 20.3 Å². The molecule has 0 radical (unpaired) electrons. The Kier molecular flexibility index (Phi) is 5.65. The van der Waals surface area contributed by atoms with Crippen LogP contribution in [0, 0.1) is 0 Å². The zero-order valence-corrected chi connectivity index (χ0v) is 14.4. The zero-order valence-electron chi connectivity index (χ0n) is 12.9. The predicted molar refractivity (Wildman–Crippen MR) is 93.3 cm³/mol. The third kappa shape index (κ3) is 4.04. The van der Waals surface area contributed by atoms with E-state index in [0.29, 0.717) is 27.2 Å². The van der Waals surface area contributed by atoms with Crippen LogP contribution in [0.5, 0.6) is 11.5 Å². The molecule has 2 N–H and O–H groups in total. The molecule has 0 heterocycles. The Morgan fingerprint density at radius 2 is 1.78 bits per heavy atom. The average molecular weight is 377 g/mol. The lowest BCUT2D eigenvalue weighted by atomic mass is 10.1. The van der Waals surface area contributed by atoms with E-state index in [1.54, 1.807) is 50.6 Å². The fourth-order valence-corrected chi connectivity index (χ4v) is 2.42. The van der Waals surface area contributed by atoms with Crippen molar-refractivity contribution in [2.24, 2.45) is 0 Å². The van der Waals surface area contributed by atoms with E-state index in [9.17, 15) is 4.79 Å². The van der Waals surface area contributed by atoms with Gasteiger partial charge in [0.2, 0.25) is 0 Å². The summed E-state index contributed by atoms with van der Waals surface area (Å²) in [6.07, 6.45) is 0. The third-order valence-corrected chi connectivity index (χ3v) is 3.87. The van der Waals surface area contributed by atoms with Gasteiger partial charge in [0.05, 0.1) is 25.5 Å². The minimum absolute atomic E-state index is 0.272. The standard InChI is InChI=1S/C17H17BrN2O3/c1-11(13-9-8-12(22-2)10-16(13)23-3)19-20-17(21)14-6-4-5-7-15(14)18/h4-10,19H,1H2,2-3H3,(H,20,21). The van der Waals surface area contributed by atoms with Crippen LogP contribution in [-0.4, -0.2) is 20.1 Å². The summed E-state index contributed by atoms with van der Waals surface area (Å²) in [6.45, 7) is 3.92. The SMILES string of the molecule is C=C(NNC(=O)c1ccccc1Br)c1ccc(OC)cc1OC. The topological polar surface area (TPSA) is 59.6 Å². The van der Waals surface area contributed by atoms with Gasteiger partial charge in [0.25, 0.3) is 5.91 Å². The molecule has 0 aliphatic rings. The van der Waals surface area contributed by atoms with Crippen molar-refractivity contribution in [3.05, 3.63) is 64.6 Å². The fourth-order valence-electron chi connectivity index (χ4n) is 1.96. The molecule has 0 aliphatic heterocycles. The van der Waals surface area contributed by atoms with Gasteiger partial charge < -0.3 is 9.47 Å². The number of hydrazine groups is 1. The Morgan fingerprint density at radius 1 is 1.04 bits per heavy atom. The van der Waals surface area contributed by atoms with E-state index in [1.165, 1.54) is 0 Å². The molecule has 0 atom stereocenters. The number of hydrogen-bond donors (Lipinski definition) is 2. The molecule has 0 unspecified atom stereocenters. The Bertz CT molecular complexity index is 732. The van der Waals surface area contributed by atoms with Crippen molar-refractivity contribution in [1.29, 1.82) is 0 Å². The molecule has 0 fully saturated rings. The maximum Gasteiger partial charge on any atom is 0.270 e. The highest BCUT2D eigenvalue weighted by molar-refractivity contribution is 9.10. The van der Waals surface area contributed by atoms with E-state index in [4.69, 9.17) is 9.47 Å². The van der Waals surface area contributed by atoms with Crippen LogP contribution >= 0.6 is 15.9 Å². The second-order valence-corrected chi connectivity index (χ2v) is 5.46. The summed E-state index contributed by atoms with van der Waals surface area (Å²) in [5.74, 6) is 0.999. The van der Waals surface area contributed by atoms with Crippen LogP contribution in [0.4, 0.5) is 0 Å². The minimum atomic E-state index is -0.272. The first-order chi connectivity index (χ1) is 11.1. The van der Waals surface area contributed by atoms with Crippen molar-refractivity contribution in [1.82, 2.24) is 10.9 Å². The van der Waals surface area contributed by atoms with Gasteiger partial charge in [-0.1, -0.05) is 18.7 Å². The number of carbonyl (C=O) groups excluding carboxylic acids is 1. The first-order valence-electron chi connectivity index (χ1n) is 6.79. The lowest BCUT2D eigenvalue weighted by Crippen LogP contribution is -2.36. The van der Waals surface area contributed by atoms with Gasteiger partial charge in [0.1, 0.15) is 11.5 Å². The number of rotatable bonds is 6. The van der Waals surface area contributed by atoms with Gasteiger partial charge in [-0.3, -0.25) is 15.6 Å². The van der Waals surface area contributed by atoms with Gasteiger partial charge in [-0.25, -0.2) is 0 Å². The number of benzene rings is 2. The normalized spacial score (nSPS) is 9.87. The van der Waals surface area contributed by atoms with Gasteiger partial charge in [0, 0.05) is 16.1 Å². The Hall–Kier alpha value is -2.47. The number of ether oxygens (including phenoxy) is 2. The summed E-state index contributed by atoms with van der Waals surface area (Å²) < 4.78 is 11.2. The number of hydrogen-bond acceptors (Lipinski definition) is 4.